The molecule has 2 rings (SSSR count). The van der Waals surface area contributed by atoms with Gasteiger partial charge < -0.3 is 5.32 Å². The summed E-state index contributed by atoms with van der Waals surface area (Å²) in [5.74, 6) is -0.176. The second-order valence-corrected chi connectivity index (χ2v) is 5.11. The first-order valence-electron chi connectivity index (χ1n) is 6.31. The van der Waals surface area contributed by atoms with Gasteiger partial charge >= 0.3 is 0 Å². The fourth-order valence-corrected chi connectivity index (χ4v) is 2.16. The van der Waals surface area contributed by atoms with E-state index in [9.17, 15) is 4.39 Å². The van der Waals surface area contributed by atoms with Gasteiger partial charge in [-0.25, -0.2) is 4.39 Å². The van der Waals surface area contributed by atoms with Crippen LogP contribution in [0.15, 0.2) is 42.5 Å². The van der Waals surface area contributed by atoms with Crippen LogP contribution in [0.2, 0.25) is 5.02 Å². The van der Waals surface area contributed by atoms with Gasteiger partial charge in [-0.05, 0) is 37.1 Å². The maximum atomic E-state index is 13.6. The monoisotopic (exact) mass is 277 g/mol. The molecule has 0 aliphatic heterocycles. The van der Waals surface area contributed by atoms with Crippen LogP contribution in [0.5, 0.6) is 0 Å². The number of aryl methyl sites for hydroxylation is 1. The molecule has 3 heteroatoms. The van der Waals surface area contributed by atoms with Crippen molar-refractivity contribution in [1.29, 1.82) is 0 Å². The van der Waals surface area contributed by atoms with E-state index in [1.54, 1.807) is 12.1 Å². The van der Waals surface area contributed by atoms with Gasteiger partial charge in [-0.15, -0.1) is 0 Å². The molecule has 100 valence electrons. The first-order valence-corrected chi connectivity index (χ1v) is 6.68. The van der Waals surface area contributed by atoms with Gasteiger partial charge in [0.05, 0.1) is 0 Å². The van der Waals surface area contributed by atoms with E-state index in [1.807, 2.05) is 38.1 Å². The smallest absolute Gasteiger partial charge is 0.127 e. The molecule has 0 aliphatic carbocycles. The van der Waals surface area contributed by atoms with E-state index in [-0.39, 0.29) is 11.9 Å². The molecular formula is C16H17ClFN. The highest BCUT2D eigenvalue weighted by atomic mass is 35.5. The first kappa shape index (κ1) is 14.0. The molecule has 1 unspecified atom stereocenters. The predicted octanol–water partition coefficient (Wildman–Crippen LogP) is 4.64. The quantitative estimate of drug-likeness (QED) is 0.858. The lowest BCUT2D eigenvalue weighted by Crippen LogP contribution is -2.19. The highest BCUT2D eigenvalue weighted by Gasteiger charge is 2.09. The van der Waals surface area contributed by atoms with Crippen LogP contribution >= 0.6 is 11.6 Å². The Bertz CT molecular complexity index is 568. The average molecular weight is 278 g/mol. The summed E-state index contributed by atoms with van der Waals surface area (Å²) in [5, 5.41) is 4.07. The van der Waals surface area contributed by atoms with Gasteiger partial charge in [0.15, 0.2) is 0 Å². The van der Waals surface area contributed by atoms with E-state index in [0.717, 1.165) is 16.1 Å². The van der Waals surface area contributed by atoms with Gasteiger partial charge in [0, 0.05) is 23.2 Å². The fraction of sp³-hybridized carbons (Fsp3) is 0.250. The Morgan fingerprint density at radius 2 is 1.95 bits per heavy atom. The summed E-state index contributed by atoms with van der Waals surface area (Å²) in [5.41, 5.74) is 2.84. The highest BCUT2D eigenvalue weighted by molar-refractivity contribution is 6.31. The van der Waals surface area contributed by atoms with Crippen molar-refractivity contribution >= 4 is 11.6 Å². The molecule has 0 bridgehead atoms. The fourth-order valence-electron chi connectivity index (χ4n) is 1.95. The maximum Gasteiger partial charge on any atom is 0.127 e. The number of halogens is 2. The average Bonchev–Trinajstić information content (AvgIpc) is 2.40. The van der Waals surface area contributed by atoms with Gasteiger partial charge in [-0.3, -0.25) is 0 Å². The van der Waals surface area contributed by atoms with Crippen LogP contribution in [0, 0.1) is 12.7 Å². The lowest BCUT2D eigenvalue weighted by molar-refractivity contribution is 0.528. The molecule has 0 aromatic heterocycles. The molecule has 1 N–H and O–H groups in total. The van der Waals surface area contributed by atoms with Crippen molar-refractivity contribution in [3.05, 3.63) is 70.0 Å². The summed E-state index contributed by atoms with van der Waals surface area (Å²) >= 11 is 6.08. The summed E-state index contributed by atoms with van der Waals surface area (Å²) in [6.07, 6.45) is 0. The molecule has 0 saturated carbocycles. The van der Waals surface area contributed by atoms with Crippen molar-refractivity contribution in [2.24, 2.45) is 0 Å². The molecule has 0 heterocycles. The Morgan fingerprint density at radius 3 is 2.63 bits per heavy atom. The highest BCUT2D eigenvalue weighted by Crippen LogP contribution is 2.19. The van der Waals surface area contributed by atoms with Crippen LogP contribution in [0.25, 0.3) is 0 Å². The van der Waals surface area contributed by atoms with Crippen molar-refractivity contribution in [3.63, 3.8) is 0 Å². The van der Waals surface area contributed by atoms with Gasteiger partial charge in [-0.1, -0.05) is 41.9 Å². The number of nitrogens with one attached hydrogen (secondary N) is 1. The molecule has 0 fully saturated rings. The number of hydrogen-bond donors (Lipinski definition) is 1. The molecule has 0 spiro atoms. The van der Waals surface area contributed by atoms with E-state index < -0.39 is 0 Å². The van der Waals surface area contributed by atoms with Crippen LogP contribution in [0.1, 0.15) is 29.7 Å². The second kappa shape index (κ2) is 6.18. The normalized spacial score (nSPS) is 12.4. The van der Waals surface area contributed by atoms with Crippen LogP contribution < -0.4 is 5.32 Å². The Balaban J connectivity index is 2.02. The van der Waals surface area contributed by atoms with Crippen LogP contribution in [0.3, 0.4) is 0 Å². The molecule has 2 aromatic rings. The van der Waals surface area contributed by atoms with Crippen molar-refractivity contribution in [1.82, 2.24) is 5.32 Å². The third-order valence-corrected chi connectivity index (χ3v) is 3.63. The minimum absolute atomic E-state index is 0.0405. The number of hydrogen-bond acceptors (Lipinski definition) is 1. The zero-order chi connectivity index (χ0) is 13.8. The summed E-state index contributed by atoms with van der Waals surface area (Å²) in [4.78, 5) is 0. The molecule has 0 amide bonds. The Kier molecular flexibility index (Phi) is 4.56. The molecule has 0 saturated heterocycles. The lowest BCUT2D eigenvalue weighted by atomic mass is 10.1. The molecule has 1 nitrogen and oxygen atoms in total. The minimum Gasteiger partial charge on any atom is -0.306 e. The van der Waals surface area contributed by atoms with Crippen molar-refractivity contribution in [2.75, 3.05) is 0 Å². The van der Waals surface area contributed by atoms with Crippen molar-refractivity contribution in [3.8, 4) is 0 Å². The predicted molar refractivity (Wildman–Crippen MR) is 77.8 cm³/mol. The topological polar surface area (TPSA) is 12.0 Å². The third kappa shape index (κ3) is 3.55. The second-order valence-electron chi connectivity index (χ2n) is 4.71. The van der Waals surface area contributed by atoms with Crippen molar-refractivity contribution < 1.29 is 4.39 Å². The Hall–Kier alpha value is -1.38. The largest absolute Gasteiger partial charge is 0.306 e. The number of benzene rings is 2. The molecular weight excluding hydrogens is 261 g/mol. The van der Waals surface area contributed by atoms with E-state index in [2.05, 4.69) is 5.32 Å². The summed E-state index contributed by atoms with van der Waals surface area (Å²) in [6.45, 7) is 4.59. The van der Waals surface area contributed by atoms with Crippen LogP contribution in [-0.2, 0) is 6.54 Å². The minimum atomic E-state index is -0.176. The Labute approximate surface area is 118 Å². The summed E-state index contributed by atoms with van der Waals surface area (Å²) < 4.78 is 13.6. The molecule has 19 heavy (non-hydrogen) atoms. The zero-order valence-corrected chi connectivity index (χ0v) is 11.8. The van der Waals surface area contributed by atoms with E-state index in [1.165, 1.54) is 6.07 Å². The van der Waals surface area contributed by atoms with Gasteiger partial charge in [0.1, 0.15) is 5.82 Å². The van der Waals surface area contributed by atoms with Gasteiger partial charge in [-0.2, -0.15) is 0 Å². The van der Waals surface area contributed by atoms with Crippen molar-refractivity contribution in [2.45, 2.75) is 26.4 Å². The van der Waals surface area contributed by atoms with Gasteiger partial charge in [0.2, 0.25) is 0 Å². The third-order valence-electron chi connectivity index (χ3n) is 3.22. The summed E-state index contributed by atoms with van der Waals surface area (Å²) in [7, 11) is 0. The molecule has 1 atom stereocenters. The summed E-state index contributed by atoms with van der Waals surface area (Å²) in [6, 6.07) is 12.8. The molecule has 0 radical (unpaired) electrons. The zero-order valence-electron chi connectivity index (χ0n) is 11.1. The van der Waals surface area contributed by atoms with Crippen LogP contribution in [-0.4, -0.2) is 0 Å². The first-order chi connectivity index (χ1) is 9.08. The standard InChI is InChI=1S/C16H17ClFN/c1-11-7-8-13(9-15(11)17)10-19-12(2)14-5-3-4-6-16(14)18/h3-9,12,19H,10H2,1-2H3. The van der Waals surface area contributed by atoms with E-state index in [4.69, 9.17) is 11.6 Å². The Morgan fingerprint density at radius 1 is 1.21 bits per heavy atom. The lowest BCUT2D eigenvalue weighted by Gasteiger charge is -2.15. The molecule has 2 aromatic carbocycles. The van der Waals surface area contributed by atoms with E-state index in [0.29, 0.717) is 12.1 Å². The van der Waals surface area contributed by atoms with Crippen LogP contribution in [0.4, 0.5) is 4.39 Å². The molecule has 0 aliphatic rings. The maximum absolute atomic E-state index is 13.6. The van der Waals surface area contributed by atoms with Gasteiger partial charge in [0.25, 0.3) is 0 Å². The SMILES string of the molecule is Cc1ccc(CNC(C)c2ccccc2F)cc1Cl. The van der Waals surface area contributed by atoms with E-state index >= 15 is 0 Å². The number of rotatable bonds is 4.